The predicted octanol–water partition coefficient (Wildman–Crippen LogP) is 2.55. The zero-order valence-electron chi connectivity index (χ0n) is 14.7. The molecule has 0 unspecified atom stereocenters. The number of pyridine rings is 1. The van der Waals surface area contributed by atoms with Crippen LogP contribution in [-0.4, -0.2) is 58.1 Å². The second kappa shape index (κ2) is 6.79. The van der Waals surface area contributed by atoms with E-state index >= 15 is 0 Å². The van der Waals surface area contributed by atoms with Gasteiger partial charge in [-0.1, -0.05) is 12.1 Å². The molecule has 3 heterocycles. The Morgan fingerprint density at radius 1 is 1.19 bits per heavy atom. The van der Waals surface area contributed by atoms with Gasteiger partial charge in [-0.25, -0.2) is 0 Å². The predicted molar refractivity (Wildman–Crippen MR) is 101 cm³/mol. The molecule has 1 fully saturated rings. The number of nitrogens with one attached hydrogen (secondary N) is 1. The maximum atomic E-state index is 10.3. The molecule has 0 amide bonds. The third-order valence-electron chi connectivity index (χ3n) is 4.99. The highest BCUT2D eigenvalue weighted by Crippen LogP contribution is 2.35. The number of aromatic nitrogens is 2. The van der Waals surface area contributed by atoms with Crippen molar-refractivity contribution < 1.29 is 5.11 Å². The molecule has 0 spiro atoms. The first-order chi connectivity index (χ1) is 12.6. The Kier molecular flexibility index (Phi) is 4.33. The summed E-state index contributed by atoms with van der Waals surface area (Å²) in [6.45, 7) is 5.23. The first kappa shape index (κ1) is 16.6. The summed E-state index contributed by atoms with van der Waals surface area (Å²) in [4.78, 5) is 12.3. The molecule has 1 saturated heterocycles. The fourth-order valence-corrected chi connectivity index (χ4v) is 3.44. The second-order valence-corrected chi connectivity index (χ2v) is 6.85. The summed E-state index contributed by atoms with van der Waals surface area (Å²) in [6, 6.07) is 11.5. The molecule has 6 heteroatoms. The van der Waals surface area contributed by atoms with E-state index in [9.17, 15) is 5.11 Å². The van der Waals surface area contributed by atoms with Gasteiger partial charge in [0.25, 0.3) is 0 Å². The monoisotopic (exact) mass is 347 g/mol. The molecule has 2 aromatic heterocycles. The van der Waals surface area contributed by atoms with Crippen molar-refractivity contribution in [2.75, 3.05) is 33.2 Å². The number of fused-ring (bicyclic) bond motifs is 1. The average Bonchev–Trinajstić information content (AvgIpc) is 2.99. The quantitative estimate of drug-likeness (QED) is 0.761. The molecule has 1 aliphatic heterocycles. The minimum Gasteiger partial charge on any atom is -0.494 e. The lowest BCUT2D eigenvalue weighted by atomic mass is 10.1. The summed E-state index contributed by atoms with van der Waals surface area (Å²) >= 11 is 0. The van der Waals surface area contributed by atoms with Crippen molar-refractivity contribution in [3.63, 3.8) is 0 Å². The number of nitriles is 1. The van der Waals surface area contributed by atoms with Crippen molar-refractivity contribution in [3.05, 3.63) is 47.7 Å². The van der Waals surface area contributed by atoms with Gasteiger partial charge in [0.15, 0.2) is 5.88 Å². The van der Waals surface area contributed by atoms with Crippen molar-refractivity contribution in [1.82, 2.24) is 19.8 Å². The first-order valence-corrected chi connectivity index (χ1v) is 8.75. The summed E-state index contributed by atoms with van der Waals surface area (Å²) in [6.07, 6.45) is 1.88. The average molecular weight is 347 g/mol. The van der Waals surface area contributed by atoms with Crippen LogP contribution in [0.25, 0.3) is 22.2 Å². The Balaban J connectivity index is 1.58. The molecule has 132 valence electrons. The molecule has 4 rings (SSSR count). The van der Waals surface area contributed by atoms with Crippen LogP contribution in [0.5, 0.6) is 5.88 Å². The number of hydrogen-bond donors (Lipinski definition) is 2. The normalized spacial score (nSPS) is 16.0. The number of hydrogen-bond acceptors (Lipinski definition) is 5. The smallest absolute Gasteiger partial charge is 0.199 e. The number of aromatic hydroxyl groups is 1. The third kappa shape index (κ3) is 3.15. The Morgan fingerprint density at radius 2 is 2.00 bits per heavy atom. The number of rotatable bonds is 3. The first-order valence-electron chi connectivity index (χ1n) is 8.75. The highest BCUT2D eigenvalue weighted by Gasteiger charge is 2.16. The van der Waals surface area contributed by atoms with Gasteiger partial charge >= 0.3 is 0 Å². The van der Waals surface area contributed by atoms with Gasteiger partial charge in [0.2, 0.25) is 0 Å². The van der Waals surface area contributed by atoms with Crippen LogP contribution < -0.4 is 0 Å². The highest BCUT2D eigenvalue weighted by molar-refractivity contribution is 5.98. The molecular weight excluding hydrogens is 326 g/mol. The van der Waals surface area contributed by atoms with Gasteiger partial charge in [0, 0.05) is 44.3 Å². The molecule has 0 aliphatic carbocycles. The van der Waals surface area contributed by atoms with Crippen molar-refractivity contribution in [3.8, 4) is 23.2 Å². The molecule has 0 atom stereocenters. The van der Waals surface area contributed by atoms with Gasteiger partial charge in [-0.2, -0.15) is 5.26 Å². The van der Waals surface area contributed by atoms with Crippen LogP contribution in [-0.2, 0) is 6.54 Å². The molecule has 1 aromatic carbocycles. The summed E-state index contributed by atoms with van der Waals surface area (Å²) in [5.74, 6) is 0.0782. The Labute approximate surface area is 152 Å². The van der Waals surface area contributed by atoms with Crippen LogP contribution in [0, 0.1) is 11.3 Å². The van der Waals surface area contributed by atoms with Crippen LogP contribution >= 0.6 is 0 Å². The topological polar surface area (TPSA) is 79.2 Å². The number of benzene rings is 1. The third-order valence-corrected chi connectivity index (χ3v) is 4.99. The summed E-state index contributed by atoms with van der Waals surface area (Å²) in [5, 5.41) is 20.2. The van der Waals surface area contributed by atoms with Gasteiger partial charge in [0.1, 0.15) is 0 Å². The number of aromatic amines is 1. The molecular formula is C20H21N5O. The van der Waals surface area contributed by atoms with Crippen molar-refractivity contribution >= 4 is 10.9 Å². The lowest BCUT2D eigenvalue weighted by Crippen LogP contribution is -2.43. The van der Waals surface area contributed by atoms with Gasteiger partial charge in [-0.05, 0) is 30.8 Å². The molecule has 0 saturated carbocycles. The molecule has 3 aromatic rings. The van der Waals surface area contributed by atoms with Crippen molar-refractivity contribution in [2.24, 2.45) is 0 Å². The van der Waals surface area contributed by atoms with Gasteiger partial charge in [-0.15, -0.1) is 0 Å². The lowest BCUT2D eigenvalue weighted by Gasteiger charge is -2.32. The van der Waals surface area contributed by atoms with E-state index in [1.165, 1.54) is 5.56 Å². The second-order valence-electron chi connectivity index (χ2n) is 6.85. The van der Waals surface area contributed by atoms with Crippen LogP contribution in [0.2, 0.25) is 0 Å². The van der Waals surface area contributed by atoms with Crippen LogP contribution in [0.3, 0.4) is 0 Å². The molecule has 26 heavy (non-hydrogen) atoms. The molecule has 0 bridgehead atoms. The van der Waals surface area contributed by atoms with E-state index < -0.39 is 0 Å². The van der Waals surface area contributed by atoms with Crippen molar-refractivity contribution in [2.45, 2.75) is 6.54 Å². The Hall–Kier alpha value is -2.88. The lowest BCUT2D eigenvalue weighted by molar-refractivity contribution is 0.148. The Morgan fingerprint density at radius 3 is 2.69 bits per heavy atom. The van der Waals surface area contributed by atoms with Crippen LogP contribution in [0.15, 0.2) is 36.5 Å². The van der Waals surface area contributed by atoms with Gasteiger partial charge < -0.3 is 15.0 Å². The SMILES string of the molecule is CN1CCN(Cc2ccc(-c3c(O)[nH]c4cc(C#N)ccc34)nc2)CC1. The maximum Gasteiger partial charge on any atom is 0.199 e. The summed E-state index contributed by atoms with van der Waals surface area (Å²) < 4.78 is 0. The zero-order chi connectivity index (χ0) is 18.1. The van der Waals surface area contributed by atoms with E-state index in [1.54, 1.807) is 12.1 Å². The van der Waals surface area contributed by atoms with Crippen molar-refractivity contribution in [1.29, 1.82) is 5.26 Å². The molecule has 2 N–H and O–H groups in total. The van der Waals surface area contributed by atoms with E-state index in [1.807, 2.05) is 18.3 Å². The minimum atomic E-state index is 0.0782. The van der Waals surface area contributed by atoms with E-state index in [2.05, 4.69) is 39.0 Å². The van der Waals surface area contributed by atoms with E-state index in [-0.39, 0.29) is 5.88 Å². The number of H-pyrrole nitrogens is 1. The molecule has 1 aliphatic rings. The van der Waals surface area contributed by atoms with Crippen LogP contribution in [0.1, 0.15) is 11.1 Å². The zero-order valence-corrected chi connectivity index (χ0v) is 14.7. The number of piperazine rings is 1. The minimum absolute atomic E-state index is 0.0782. The number of nitrogens with zero attached hydrogens (tertiary/aromatic N) is 4. The highest BCUT2D eigenvalue weighted by atomic mass is 16.3. The van der Waals surface area contributed by atoms with E-state index in [0.717, 1.165) is 49.3 Å². The largest absolute Gasteiger partial charge is 0.494 e. The fraction of sp³-hybridized carbons (Fsp3) is 0.300. The van der Waals surface area contributed by atoms with E-state index in [4.69, 9.17) is 5.26 Å². The summed E-state index contributed by atoms with van der Waals surface area (Å²) in [7, 11) is 2.15. The van der Waals surface area contributed by atoms with Gasteiger partial charge in [-0.3, -0.25) is 9.88 Å². The molecule has 0 radical (unpaired) electrons. The Bertz CT molecular complexity index is 962. The van der Waals surface area contributed by atoms with Gasteiger partial charge in [0.05, 0.1) is 28.4 Å². The standard InChI is InChI=1S/C20H21N5O/c1-24-6-8-25(9-7-24)13-15-3-5-17(22-12-15)19-16-4-2-14(11-21)10-18(16)23-20(19)26/h2-5,10,12,23,26H,6-9,13H2,1H3. The fourth-order valence-electron chi connectivity index (χ4n) is 3.44. The summed E-state index contributed by atoms with van der Waals surface area (Å²) in [5.41, 5.74) is 3.86. The maximum absolute atomic E-state index is 10.3. The number of likely N-dealkylation sites (N-methyl/N-ethyl adjacent to an activating group) is 1. The molecule has 6 nitrogen and oxygen atoms in total. The van der Waals surface area contributed by atoms with E-state index in [0.29, 0.717) is 11.1 Å². The van der Waals surface area contributed by atoms with Crippen LogP contribution in [0.4, 0.5) is 0 Å².